The van der Waals surface area contributed by atoms with E-state index in [1.165, 1.54) is 13.4 Å². The molecule has 0 aliphatic carbocycles. The van der Waals surface area contributed by atoms with Crippen molar-refractivity contribution in [1.82, 2.24) is 29.8 Å². The van der Waals surface area contributed by atoms with Crippen LogP contribution in [0.25, 0.3) is 10.9 Å². The summed E-state index contributed by atoms with van der Waals surface area (Å²) < 4.78 is 40.0. The molecule has 0 bridgehead atoms. The summed E-state index contributed by atoms with van der Waals surface area (Å²) in [6.45, 7) is 11.1. The van der Waals surface area contributed by atoms with Crippen LogP contribution in [0.2, 0.25) is 0 Å². The smallest absolute Gasteiger partial charge is 0.326 e. The summed E-state index contributed by atoms with van der Waals surface area (Å²) in [5.74, 6) is 7.95. The van der Waals surface area contributed by atoms with E-state index in [4.69, 9.17) is 9.47 Å². The molecule has 57 heavy (non-hydrogen) atoms. The van der Waals surface area contributed by atoms with Crippen molar-refractivity contribution in [3.05, 3.63) is 84.8 Å². The summed E-state index contributed by atoms with van der Waals surface area (Å²) >= 11 is 0. The standard InChI is InChI=1S/C42H51N9O5S/c1-31-16-21-51(41(52)46-31)33-10-8-32(9-11-33)7-5-19-50-24-26-56-42(29-50)17-22-49(23-18-42)20-6-25-55-34-12-14-36-37(27-34)44-30-45-40(36)47-38-28-35(57(53,54)43-2)13-15-39(38)48(3)4/h8-15,27-28,30,43H,1,6,16-26,29H2,2-4H3,(H,46,52)(H,44,45,47). The van der Waals surface area contributed by atoms with Crippen LogP contribution in [0, 0.1) is 11.8 Å². The number of ether oxygens (including phenoxy) is 2. The Kier molecular flexibility index (Phi) is 12.3. The summed E-state index contributed by atoms with van der Waals surface area (Å²) in [5.41, 5.74) is 4.55. The molecular weight excluding hydrogens is 743 g/mol. The molecule has 3 aliphatic rings. The first-order valence-electron chi connectivity index (χ1n) is 19.3. The number of hydrogen-bond acceptors (Lipinski definition) is 11. The van der Waals surface area contributed by atoms with E-state index in [2.05, 4.69) is 53.5 Å². The van der Waals surface area contributed by atoms with Crippen LogP contribution in [0.15, 0.2) is 84.2 Å². The lowest BCUT2D eigenvalue weighted by molar-refractivity contribution is -0.133. The van der Waals surface area contributed by atoms with E-state index < -0.39 is 10.0 Å². The molecule has 14 nitrogen and oxygen atoms in total. The number of hydrogen-bond donors (Lipinski definition) is 3. The number of nitrogens with zero attached hydrogens (tertiary/aromatic N) is 6. The van der Waals surface area contributed by atoms with Crippen LogP contribution in [0.4, 0.5) is 27.7 Å². The van der Waals surface area contributed by atoms with Gasteiger partial charge in [0.15, 0.2) is 0 Å². The monoisotopic (exact) mass is 793 g/mol. The van der Waals surface area contributed by atoms with Crippen molar-refractivity contribution in [2.75, 3.05) is 95.3 Å². The van der Waals surface area contributed by atoms with Crippen LogP contribution in [0.1, 0.15) is 31.2 Å². The maximum absolute atomic E-state index is 12.5. The van der Waals surface area contributed by atoms with Gasteiger partial charge in [-0.2, -0.15) is 0 Å². The SMILES string of the molecule is C=C1CCN(c2ccc(C#CCN3CCOC4(CCN(CCCOc5ccc6c(Nc7cc(S(=O)(=O)NC)ccc7N(C)C)ncnc6c5)CC4)C3)cc2)C(=O)N1. The predicted molar refractivity (Wildman–Crippen MR) is 224 cm³/mol. The van der Waals surface area contributed by atoms with E-state index in [9.17, 15) is 13.2 Å². The number of urea groups is 1. The number of benzene rings is 3. The molecule has 1 aromatic heterocycles. The molecule has 3 N–H and O–H groups in total. The number of aromatic nitrogens is 2. The average Bonchev–Trinajstić information content (AvgIpc) is 3.20. The highest BCUT2D eigenvalue weighted by molar-refractivity contribution is 7.89. The third kappa shape index (κ3) is 9.66. The summed E-state index contributed by atoms with van der Waals surface area (Å²) in [5, 5.41) is 6.92. The Labute approximate surface area is 335 Å². The number of rotatable bonds is 12. The lowest BCUT2D eigenvalue weighted by Gasteiger charge is -2.47. The number of carbonyl (C=O) groups is 1. The topological polar surface area (TPSA) is 144 Å². The van der Waals surface area contributed by atoms with Crippen molar-refractivity contribution in [3.63, 3.8) is 0 Å². The fourth-order valence-corrected chi connectivity index (χ4v) is 8.28. The Morgan fingerprint density at radius 1 is 1.02 bits per heavy atom. The Hall–Kier alpha value is -5.24. The largest absolute Gasteiger partial charge is 0.493 e. The summed E-state index contributed by atoms with van der Waals surface area (Å²) in [7, 11) is 1.56. The molecule has 0 unspecified atom stereocenters. The van der Waals surface area contributed by atoms with Crippen LogP contribution < -0.4 is 29.9 Å². The van der Waals surface area contributed by atoms with E-state index in [0.29, 0.717) is 37.8 Å². The number of anilines is 4. The first-order chi connectivity index (χ1) is 27.5. The molecule has 1 spiro atoms. The summed E-state index contributed by atoms with van der Waals surface area (Å²) in [4.78, 5) is 29.9. The van der Waals surface area contributed by atoms with Gasteiger partial charge < -0.3 is 29.9 Å². The normalized spacial score (nSPS) is 17.6. The lowest BCUT2D eigenvalue weighted by atomic mass is 9.89. The number of likely N-dealkylation sites (tertiary alicyclic amines) is 1. The molecule has 3 aliphatic heterocycles. The highest BCUT2D eigenvalue weighted by atomic mass is 32.2. The van der Waals surface area contributed by atoms with Crippen LogP contribution in [-0.4, -0.2) is 120 Å². The fraction of sp³-hybridized carbons (Fsp3) is 0.405. The van der Waals surface area contributed by atoms with Gasteiger partial charge in [0.2, 0.25) is 10.0 Å². The van der Waals surface area contributed by atoms with Gasteiger partial charge >= 0.3 is 6.03 Å². The summed E-state index contributed by atoms with van der Waals surface area (Å²) in [6.07, 6.45) is 5.10. The molecule has 3 saturated heterocycles. The van der Waals surface area contributed by atoms with Crippen LogP contribution in [-0.2, 0) is 14.8 Å². The Balaban J connectivity index is 0.862. The summed E-state index contributed by atoms with van der Waals surface area (Å²) in [6, 6.07) is 18.4. The number of carbonyl (C=O) groups excluding carboxylic acids is 1. The first kappa shape index (κ1) is 40.0. The Morgan fingerprint density at radius 3 is 2.58 bits per heavy atom. The van der Waals surface area contributed by atoms with Crippen molar-refractivity contribution in [2.24, 2.45) is 0 Å². The van der Waals surface area contributed by atoms with E-state index in [1.54, 1.807) is 23.1 Å². The van der Waals surface area contributed by atoms with Gasteiger partial charge in [0, 0.05) is 88.2 Å². The fourth-order valence-electron chi connectivity index (χ4n) is 7.52. The van der Waals surface area contributed by atoms with Crippen molar-refractivity contribution in [3.8, 4) is 17.6 Å². The first-order valence-corrected chi connectivity index (χ1v) is 20.8. The number of piperidine rings is 1. The lowest BCUT2D eigenvalue weighted by Crippen LogP contribution is -2.56. The minimum atomic E-state index is -3.63. The minimum Gasteiger partial charge on any atom is -0.493 e. The zero-order chi connectivity index (χ0) is 40.0. The van der Waals surface area contributed by atoms with Gasteiger partial charge in [0.05, 0.1) is 47.1 Å². The zero-order valence-corrected chi connectivity index (χ0v) is 33.7. The molecule has 15 heteroatoms. The highest BCUT2D eigenvalue weighted by Crippen LogP contribution is 2.33. The van der Waals surface area contributed by atoms with Crippen molar-refractivity contribution in [2.45, 2.75) is 36.2 Å². The number of morpholine rings is 1. The quantitative estimate of drug-likeness (QED) is 0.135. The second kappa shape index (κ2) is 17.5. The van der Waals surface area contributed by atoms with Gasteiger partial charge in [0.1, 0.15) is 17.9 Å². The van der Waals surface area contributed by atoms with Gasteiger partial charge in [-0.25, -0.2) is 27.9 Å². The highest BCUT2D eigenvalue weighted by Gasteiger charge is 2.39. The maximum Gasteiger partial charge on any atom is 0.326 e. The molecule has 0 saturated carbocycles. The third-order valence-corrected chi connectivity index (χ3v) is 12.2. The van der Waals surface area contributed by atoms with Crippen LogP contribution >= 0.6 is 0 Å². The number of nitrogens with one attached hydrogen (secondary N) is 3. The number of sulfonamides is 1. The maximum atomic E-state index is 12.5. The molecule has 4 heterocycles. The molecule has 300 valence electrons. The Bertz CT molecular complexity index is 2270. The molecular formula is C42H51N9O5S. The minimum absolute atomic E-state index is 0.128. The van der Waals surface area contributed by atoms with Gasteiger partial charge in [-0.1, -0.05) is 18.4 Å². The van der Waals surface area contributed by atoms with E-state index in [-0.39, 0.29) is 16.5 Å². The van der Waals surface area contributed by atoms with Crippen molar-refractivity contribution < 1.29 is 22.7 Å². The second-order valence-electron chi connectivity index (χ2n) is 14.9. The van der Waals surface area contributed by atoms with Gasteiger partial charge in [-0.3, -0.25) is 9.80 Å². The second-order valence-corrected chi connectivity index (χ2v) is 16.8. The average molecular weight is 794 g/mol. The molecule has 2 amide bonds. The van der Waals surface area contributed by atoms with Crippen LogP contribution in [0.5, 0.6) is 5.75 Å². The number of amides is 2. The van der Waals surface area contributed by atoms with Crippen LogP contribution in [0.3, 0.4) is 0 Å². The number of fused-ring (bicyclic) bond motifs is 1. The molecule has 0 atom stereocenters. The molecule has 0 radical (unpaired) electrons. The van der Waals surface area contributed by atoms with Gasteiger partial charge in [0.25, 0.3) is 0 Å². The predicted octanol–water partition coefficient (Wildman–Crippen LogP) is 4.77. The molecule has 7 rings (SSSR count). The molecule has 3 fully saturated rings. The molecule has 3 aromatic carbocycles. The van der Waals surface area contributed by atoms with E-state index in [1.807, 2.05) is 61.5 Å². The van der Waals surface area contributed by atoms with E-state index in [0.717, 1.165) is 97.7 Å². The third-order valence-electron chi connectivity index (χ3n) is 10.8. The van der Waals surface area contributed by atoms with Crippen molar-refractivity contribution in [1.29, 1.82) is 0 Å². The van der Waals surface area contributed by atoms with Gasteiger partial charge in [-0.05, 0) is 80.9 Å². The molecule has 4 aromatic rings. The Morgan fingerprint density at radius 2 is 1.82 bits per heavy atom. The van der Waals surface area contributed by atoms with Gasteiger partial charge in [-0.15, -0.1) is 0 Å². The van der Waals surface area contributed by atoms with E-state index >= 15 is 0 Å². The van der Waals surface area contributed by atoms with Crippen molar-refractivity contribution >= 4 is 49.8 Å². The zero-order valence-electron chi connectivity index (χ0n) is 32.9.